The molecule has 3 aromatic heterocycles. The van der Waals surface area contributed by atoms with Gasteiger partial charge >= 0.3 is 0 Å². The Morgan fingerprint density at radius 1 is 1.03 bits per heavy atom. The van der Waals surface area contributed by atoms with E-state index in [0.717, 1.165) is 33.6 Å². The van der Waals surface area contributed by atoms with Crippen LogP contribution in [0.1, 0.15) is 37.7 Å². The van der Waals surface area contributed by atoms with Gasteiger partial charge in [-0.3, -0.25) is 9.78 Å². The fraction of sp³-hybridized carbons (Fsp3) is 0.269. The Balaban J connectivity index is 1.74. The summed E-state index contributed by atoms with van der Waals surface area (Å²) in [6.07, 6.45) is 1.76. The number of nitrogens with one attached hydrogen (secondary N) is 1. The molecule has 1 N–H and O–H groups in total. The number of aryl methyl sites for hydroxylation is 1. The lowest BCUT2D eigenvalue weighted by molar-refractivity contribution is -0.121. The van der Waals surface area contributed by atoms with Gasteiger partial charge in [0, 0.05) is 24.4 Å². The molecule has 0 aliphatic rings. The normalized spacial score (nSPS) is 11.5. The standard InChI is InChI=1S/C26H27N5O2/c1-16-7-6-14-27-23(16)21-13-12-20-24(30-22(15-33-5)31-25(20)29-21)28-19-10-8-18(9-11-19)26(3,4)17(2)32/h6-14H,15H2,1-5H3,(H,28,29,30,31). The van der Waals surface area contributed by atoms with Crippen molar-refractivity contribution < 1.29 is 9.53 Å². The molecular weight excluding hydrogens is 414 g/mol. The number of ether oxygens (including phenoxy) is 1. The highest BCUT2D eigenvalue weighted by Crippen LogP contribution is 2.29. The first-order valence-corrected chi connectivity index (χ1v) is 10.8. The van der Waals surface area contributed by atoms with Crippen LogP contribution in [0.5, 0.6) is 0 Å². The van der Waals surface area contributed by atoms with Gasteiger partial charge in [0.2, 0.25) is 0 Å². The molecule has 3 heterocycles. The molecule has 0 saturated carbocycles. The third-order valence-electron chi connectivity index (χ3n) is 5.88. The number of anilines is 2. The molecule has 33 heavy (non-hydrogen) atoms. The van der Waals surface area contributed by atoms with E-state index in [1.165, 1.54) is 0 Å². The fourth-order valence-corrected chi connectivity index (χ4v) is 3.54. The fourth-order valence-electron chi connectivity index (χ4n) is 3.54. The molecule has 0 aliphatic carbocycles. The summed E-state index contributed by atoms with van der Waals surface area (Å²) in [6, 6.07) is 15.6. The second-order valence-corrected chi connectivity index (χ2v) is 8.54. The van der Waals surface area contributed by atoms with Crippen molar-refractivity contribution in [3.8, 4) is 11.4 Å². The van der Waals surface area contributed by atoms with Crippen LogP contribution in [0, 0.1) is 6.92 Å². The summed E-state index contributed by atoms with van der Waals surface area (Å²) in [5.41, 5.74) is 4.47. The first kappa shape index (κ1) is 22.5. The number of ketones is 1. The summed E-state index contributed by atoms with van der Waals surface area (Å²) >= 11 is 0. The van der Waals surface area contributed by atoms with Crippen LogP contribution >= 0.6 is 0 Å². The van der Waals surface area contributed by atoms with Crippen molar-refractivity contribution in [2.45, 2.75) is 39.7 Å². The molecule has 0 radical (unpaired) electrons. The minimum atomic E-state index is -0.532. The smallest absolute Gasteiger partial charge is 0.165 e. The van der Waals surface area contributed by atoms with Crippen LogP contribution in [0.25, 0.3) is 22.4 Å². The van der Waals surface area contributed by atoms with E-state index in [1.807, 2.05) is 69.3 Å². The maximum absolute atomic E-state index is 12.0. The Morgan fingerprint density at radius 2 is 1.79 bits per heavy atom. The number of pyridine rings is 2. The van der Waals surface area contributed by atoms with Gasteiger partial charge in [-0.05, 0) is 69.2 Å². The second kappa shape index (κ2) is 9.03. The van der Waals surface area contributed by atoms with E-state index < -0.39 is 5.41 Å². The van der Waals surface area contributed by atoms with Gasteiger partial charge in [-0.25, -0.2) is 15.0 Å². The van der Waals surface area contributed by atoms with Gasteiger partial charge in [0.1, 0.15) is 18.2 Å². The predicted molar refractivity (Wildman–Crippen MR) is 129 cm³/mol. The third kappa shape index (κ3) is 4.59. The highest BCUT2D eigenvalue weighted by Gasteiger charge is 2.25. The largest absolute Gasteiger partial charge is 0.377 e. The van der Waals surface area contributed by atoms with Crippen molar-refractivity contribution >= 4 is 28.3 Å². The molecule has 0 fully saturated rings. The third-order valence-corrected chi connectivity index (χ3v) is 5.88. The predicted octanol–water partition coefficient (Wildman–Crippen LogP) is 5.15. The molecule has 0 unspecified atom stereocenters. The summed E-state index contributed by atoms with van der Waals surface area (Å²) in [7, 11) is 1.61. The average Bonchev–Trinajstić information content (AvgIpc) is 2.79. The zero-order chi connectivity index (χ0) is 23.6. The molecule has 0 amide bonds. The minimum absolute atomic E-state index is 0.124. The van der Waals surface area contributed by atoms with Crippen LogP contribution in [0.15, 0.2) is 54.7 Å². The molecule has 0 bridgehead atoms. The van der Waals surface area contributed by atoms with Crippen molar-refractivity contribution in [3.63, 3.8) is 0 Å². The summed E-state index contributed by atoms with van der Waals surface area (Å²) < 4.78 is 5.27. The number of rotatable bonds is 7. The van der Waals surface area contributed by atoms with E-state index in [4.69, 9.17) is 9.72 Å². The number of benzene rings is 1. The summed E-state index contributed by atoms with van der Waals surface area (Å²) in [4.78, 5) is 30.5. The van der Waals surface area contributed by atoms with Crippen molar-refractivity contribution in [1.29, 1.82) is 0 Å². The van der Waals surface area contributed by atoms with Crippen molar-refractivity contribution in [1.82, 2.24) is 19.9 Å². The minimum Gasteiger partial charge on any atom is -0.377 e. The highest BCUT2D eigenvalue weighted by molar-refractivity contribution is 5.90. The number of methoxy groups -OCH3 is 1. The van der Waals surface area contributed by atoms with Crippen LogP contribution < -0.4 is 5.32 Å². The lowest BCUT2D eigenvalue weighted by Crippen LogP contribution is -2.26. The Hall–Kier alpha value is -3.71. The number of nitrogens with zero attached hydrogens (tertiary/aromatic N) is 4. The van der Waals surface area contributed by atoms with Crippen LogP contribution in [0.4, 0.5) is 11.5 Å². The maximum Gasteiger partial charge on any atom is 0.165 e. The zero-order valence-corrected chi connectivity index (χ0v) is 19.5. The molecule has 4 rings (SSSR count). The monoisotopic (exact) mass is 441 g/mol. The Morgan fingerprint density at radius 3 is 2.45 bits per heavy atom. The van der Waals surface area contributed by atoms with Crippen LogP contribution in [-0.4, -0.2) is 32.8 Å². The molecule has 0 atom stereocenters. The van der Waals surface area contributed by atoms with E-state index in [0.29, 0.717) is 17.3 Å². The maximum atomic E-state index is 12.0. The van der Waals surface area contributed by atoms with E-state index >= 15 is 0 Å². The first-order chi connectivity index (χ1) is 15.8. The van der Waals surface area contributed by atoms with Gasteiger partial charge in [-0.15, -0.1) is 0 Å². The zero-order valence-electron chi connectivity index (χ0n) is 19.5. The van der Waals surface area contributed by atoms with Crippen molar-refractivity contribution in [2.75, 3.05) is 12.4 Å². The summed E-state index contributed by atoms with van der Waals surface area (Å²) in [5, 5.41) is 4.17. The van der Waals surface area contributed by atoms with Crippen molar-refractivity contribution in [3.05, 3.63) is 71.7 Å². The van der Waals surface area contributed by atoms with Gasteiger partial charge < -0.3 is 10.1 Å². The van der Waals surface area contributed by atoms with E-state index in [2.05, 4.69) is 20.3 Å². The quantitative estimate of drug-likeness (QED) is 0.424. The second-order valence-electron chi connectivity index (χ2n) is 8.54. The molecule has 1 aromatic carbocycles. The number of hydrogen-bond acceptors (Lipinski definition) is 7. The first-order valence-electron chi connectivity index (χ1n) is 10.8. The number of aromatic nitrogens is 4. The molecule has 168 valence electrons. The van der Waals surface area contributed by atoms with Crippen LogP contribution in [0.2, 0.25) is 0 Å². The average molecular weight is 442 g/mol. The van der Waals surface area contributed by atoms with Gasteiger partial charge in [0.05, 0.1) is 16.8 Å². The molecule has 0 saturated heterocycles. The number of fused-ring (bicyclic) bond motifs is 1. The molecule has 4 aromatic rings. The number of carbonyl (C=O) groups is 1. The van der Waals surface area contributed by atoms with Gasteiger partial charge in [0.25, 0.3) is 0 Å². The van der Waals surface area contributed by atoms with Crippen LogP contribution in [-0.2, 0) is 21.6 Å². The van der Waals surface area contributed by atoms with Crippen molar-refractivity contribution in [2.24, 2.45) is 0 Å². The summed E-state index contributed by atoms with van der Waals surface area (Å²) in [6.45, 7) is 7.75. The number of carbonyl (C=O) groups excluding carboxylic acids is 1. The molecule has 7 nitrogen and oxygen atoms in total. The Bertz CT molecular complexity index is 1320. The summed E-state index contributed by atoms with van der Waals surface area (Å²) in [5.74, 6) is 1.30. The lowest BCUT2D eigenvalue weighted by Gasteiger charge is -2.22. The molecule has 7 heteroatoms. The Kier molecular flexibility index (Phi) is 6.16. The van der Waals surface area contributed by atoms with Crippen LogP contribution in [0.3, 0.4) is 0 Å². The van der Waals surface area contributed by atoms with Gasteiger partial charge in [-0.1, -0.05) is 18.2 Å². The number of hydrogen-bond donors (Lipinski definition) is 1. The molecular formula is C26H27N5O2. The lowest BCUT2D eigenvalue weighted by atomic mass is 9.81. The SMILES string of the molecule is COCc1nc(Nc2ccc(C(C)(C)C(C)=O)cc2)c2ccc(-c3ncccc3C)nc2n1. The van der Waals surface area contributed by atoms with Gasteiger partial charge in [0.15, 0.2) is 11.5 Å². The number of Topliss-reactive ketones (excluding diaryl/α,β-unsaturated/α-hetero) is 1. The topological polar surface area (TPSA) is 89.9 Å². The molecule has 0 spiro atoms. The van der Waals surface area contributed by atoms with E-state index in [9.17, 15) is 4.79 Å². The Labute approximate surface area is 193 Å². The highest BCUT2D eigenvalue weighted by atomic mass is 16.5. The van der Waals surface area contributed by atoms with Gasteiger partial charge in [-0.2, -0.15) is 0 Å². The van der Waals surface area contributed by atoms with E-state index in [-0.39, 0.29) is 12.4 Å². The van der Waals surface area contributed by atoms with E-state index in [1.54, 1.807) is 20.2 Å². The molecule has 0 aliphatic heterocycles.